The summed E-state index contributed by atoms with van der Waals surface area (Å²) in [6.07, 6.45) is 2.31. The van der Waals surface area contributed by atoms with Gasteiger partial charge in [-0.05, 0) is 50.9 Å². The Balaban J connectivity index is 0.00000176. The first-order valence-electron chi connectivity index (χ1n) is 7.58. The number of likely N-dealkylation sites (tertiary alicyclic amines) is 1. The van der Waals surface area contributed by atoms with E-state index in [0.717, 1.165) is 43.9 Å². The topological polar surface area (TPSA) is 68.2 Å². The SMILES string of the molecule is CC(N)C1CCN(Cc2noc(-c3ccccc3)n2)CC1.Cl. The molecule has 1 aliphatic rings. The number of aromatic nitrogens is 2. The van der Waals surface area contributed by atoms with E-state index in [4.69, 9.17) is 10.3 Å². The zero-order valence-corrected chi connectivity index (χ0v) is 13.6. The Bertz CT molecular complexity index is 565. The Kier molecular flexibility index (Phi) is 5.94. The smallest absolute Gasteiger partial charge is 0.257 e. The fourth-order valence-corrected chi connectivity index (χ4v) is 2.85. The number of nitrogens with zero attached hydrogens (tertiary/aromatic N) is 3. The summed E-state index contributed by atoms with van der Waals surface area (Å²) in [5.74, 6) is 2.00. The summed E-state index contributed by atoms with van der Waals surface area (Å²) in [6, 6.07) is 10.2. The van der Waals surface area contributed by atoms with Crippen LogP contribution in [0, 0.1) is 5.92 Å². The molecule has 2 aromatic rings. The number of piperidine rings is 1. The van der Waals surface area contributed by atoms with Crippen molar-refractivity contribution in [3.05, 3.63) is 36.2 Å². The lowest BCUT2D eigenvalue weighted by molar-refractivity contribution is 0.161. The van der Waals surface area contributed by atoms with Crippen molar-refractivity contribution in [3.63, 3.8) is 0 Å². The Morgan fingerprint density at radius 3 is 2.59 bits per heavy atom. The van der Waals surface area contributed by atoms with Crippen molar-refractivity contribution >= 4 is 12.4 Å². The molecule has 0 saturated carbocycles. The van der Waals surface area contributed by atoms with Gasteiger partial charge < -0.3 is 10.3 Å². The first kappa shape index (κ1) is 16.9. The summed E-state index contributed by atoms with van der Waals surface area (Å²) < 4.78 is 5.34. The van der Waals surface area contributed by atoms with Crippen LogP contribution < -0.4 is 5.73 Å². The highest BCUT2D eigenvalue weighted by molar-refractivity contribution is 5.85. The summed E-state index contributed by atoms with van der Waals surface area (Å²) in [4.78, 5) is 6.86. The van der Waals surface area contributed by atoms with E-state index in [-0.39, 0.29) is 12.4 Å². The lowest BCUT2D eigenvalue weighted by Gasteiger charge is -2.32. The minimum Gasteiger partial charge on any atom is -0.334 e. The summed E-state index contributed by atoms with van der Waals surface area (Å²) in [6.45, 7) is 4.97. The second-order valence-corrected chi connectivity index (χ2v) is 5.85. The van der Waals surface area contributed by atoms with Crippen LogP contribution in [0.2, 0.25) is 0 Å². The lowest BCUT2D eigenvalue weighted by atomic mass is 9.91. The largest absolute Gasteiger partial charge is 0.334 e. The van der Waals surface area contributed by atoms with Crippen LogP contribution in [0.15, 0.2) is 34.9 Å². The monoisotopic (exact) mass is 322 g/mol. The average molecular weight is 323 g/mol. The van der Waals surface area contributed by atoms with Gasteiger partial charge in [-0.2, -0.15) is 4.98 Å². The van der Waals surface area contributed by atoms with Crippen LogP contribution in [0.5, 0.6) is 0 Å². The van der Waals surface area contributed by atoms with Crippen LogP contribution in [-0.2, 0) is 6.54 Å². The molecule has 1 fully saturated rings. The normalized spacial score (nSPS) is 17.9. The van der Waals surface area contributed by atoms with E-state index in [1.165, 1.54) is 0 Å². The van der Waals surface area contributed by atoms with Crippen LogP contribution in [0.25, 0.3) is 11.5 Å². The minimum atomic E-state index is 0. The Hall–Kier alpha value is -1.43. The van der Waals surface area contributed by atoms with Crippen LogP contribution in [-0.4, -0.2) is 34.2 Å². The van der Waals surface area contributed by atoms with Gasteiger partial charge in [-0.25, -0.2) is 0 Å². The highest BCUT2D eigenvalue weighted by Crippen LogP contribution is 2.21. The van der Waals surface area contributed by atoms with Gasteiger partial charge >= 0.3 is 0 Å². The highest BCUT2D eigenvalue weighted by atomic mass is 35.5. The molecular formula is C16H23ClN4O. The average Bonchev–Trinajstić information content (AvgIpc) is 2.97. The minimum absolute atomic E-state index is 0. The lowest BCUT2D eigenvalue weighted by Crippen LogP contribution is -2.39. The standard InChI is InChI=1S/C16H22N4O.ClH/c1-12(17)13-7-9-20(10-8-13)11-15-18-16(21-19-15)14-5-3-2-4-6-14;/h2-6,12-13H,7-11,17H2,1H3;1H. The number of halogens is 1. The highest BCUT2D eigenvalue weighted by Gasteiger charge is 2.23. The Morgan fingerprint density at radius 1 is 1.27 bits per heavy atom. The van der Waals surface area contributed by atoms with Gasteiger partial charge in [0.05, 0.1) is 6.54 Å². The maximum atomic E-state index is 5.97. The van der Waals surface area contributed by atoms with Crippen molar-refractivity contribution < 1.29 is 4.52 Å². The third-order valence-corrected chi connectivity index (χ3v) is 4.23. The van der Waals surface area contributed by atoms with Crippen LogP contribution in [0.1, 0.15) is 25.6 Å². The van der Waals surface area contributed by atoms with Crippen LogP contribution >= 0.6 is 12.4 Å². The molecule has 1 atom stereocenters. The van der Waals surface area contributed by atoms with Crippen molar-refractivity contribution in [2.45, 2.75) is 32.4 Å². The molecular weight excluding hydrogens is 300 g/mol. The van der Waals surface area contributed by atoms with Gasteiger partial charge in [-0.15, -0.1) is 12.4 Å². The van der Waals surface area contributed by atoms with E-state index >= 15 is 0 Å². The molecule has 1 aromatic carbocycles. The zero-order valence-electron chi connectivity index (χ0n) is 12.8. The molecule has 2 heterocycles. The molecule has 0 spiro atoms. The fourth-order valence-electron chi connectivity index (χ4n) is 2.85. The molecule has 1 unspecified atom stereocenters. The van der Waals surface area contributed by atoms with Gasteiger partial charge in [0.25, 0.3) is 5.89 Å². The predicted molar refractivity (Wildman–Crippen MR) is 88.6 cm³/mol. The molecule has 2 N–H and O–H groups in total. The third kappa shape index (κ3) is 4.06. The van der Waals surface area contributed by atoms with E-state index in [2.05, 4.69) is 22.0 Å². The second-order valence-electron chi connectivity index (χ2n) is 5.85. The molecule has 0 amide bonds. The van der Waals surface area contributed by atoms with Gasteiger partial charge in [-0.3, -0.25) is 4.90 Å². The van der Waals surface area contributed by atoms with E-state index in [9.17, 15) is 0 Å². The maximum Gasteiger partial charge on any atom is 0.257 e. The number of hydrogen-bond acceptors (Lipinski definition) is 5. The second kappa shape index (κ2) is 7.72. The molecule has 1 saturated heterocycles. The van der Waals surface area contributed by atoms with Gasteiger partial charge in [0.2, 0.25) is 0 Å². The number of hydrogen-bond donors (Lipinski definition) is 1. The molecule has 6 heteroatoms. The van der Waals surface area contributed by atoms with E-state index in [1.807, 2.05) is 30.3 Å². The van der Waals surface area contributed by atoms with E-state index < -0.39 is 0 Å². The molecule has 22 heavy (non-hydrogen) atoms. The van der Waals surface area contributed by atoms with Crippen molar-refractivity contribution in [2.75, 3.05) is 13.1 Å². The van der Waals surface area contributed by atoms with Gasteiger partial charge in [-0.1, -0.05) is 23.4 Å². The Labute approximate surface area is 137 Å². The van der Waals surface area contributed by atoms with Gasteiger partial charge in [0.15, 0.2) is 5.82 Å². The van der Waals surface area contributed by atoms with Crippen molar-refractivity contribution in [1.82, 2.24) is 15.0 Å². The first-order chi connectivity index (χ1) is 10.2. The predicted octanol–water partition coefficient (Wildman–Crippen LogP) is 2.72. The molecule has 3 rings (SSSR count). The summed E-state index contributed by atoms with van der Waals surface area (Å²) >= 11 is 0. The van der Waals surface area contributed by atoms with E-state index in [0.29, 0.717) is 17.9 Å². The van der Waals surface area contributed by atoms with Crippen molar-refractivity contribution in [3.8, 4) is 11.5 Å². The summed E-state index contributed by atoms with van der Waals surface area (Å²) in [5.41, 5.74) is 6.94. The van der Waals surface area contributed by atoms with Crippen LogP contribution in [0.3, 0.4) is 0 Å². The molecule has 1 aromatic heterocycles. The fraction of sp³-hybridized carbons (Fsp3) is 0.500. The number of nitrogens with two attached hydrogens (primary N) is 1. The maximum absolute atomic E-state index is 5.97. The third-order valence-electron chi connectivity index (χ3n) is 4.23. The van der Waals surface area contributed by atoms with E-state index in [1.54, 1.807) is 0 Å². The van der Waals surface area contributed by atoms with Crippen molar-refractivity contribution in [1.29, 1.82) is 0 Å². The van der Waals surface area contributed by atoms with Gasteiger partial charge in [0.1, 0.15) is 0 Å². The molecule has 5 nitrogen and oxygen atoms in total. The first-order valence-corrected chi connectivity index (χ1v) is 7.58. The summed E-state index contributed by atoms with van der Waals surface area (Å²) in [7, 11) is 0. The molecule has 120 valence electrons. The summed E-state index contributed by atoms with van der Waals surface area (Å²) in [5, 5.41) is 4.09. The van der Waals surface area contributed by atoms with Gasteiger partial charge in [0, 0.05) is 11.6 Å². The molecule has 0 bridgehead atoms. The number of benzene rings is 1. The quantitative estimate of drug-likeness (QED) is 0.937. The molecule has 1 aliphatic heterocycles. The zero-order chi connectivity index (χ0) is 14.7. The Morgan fingerprint density at radius 2 is 1.95 bits per heavy atom. The van der Waals surface area contributed by atoms with Crippen LogP contribution in [0.4, 0.5) is 0 Å². The molecule has 0 radical (unpaired) electrons. The van der Waals surface area contributed by atoms with Crippen molar-refractivity contribution in [2.24, 2.45) is 11.7 Å². The molecule has 0 aliphatic carbocycles. The number of rotatable bonds is 4.